The molecule has 1 N–H and O–H groups in total. The van der Waals surface area contributed by atoms with Crippen molar-refractivity contribution in [2.45, 2.75) is 13.5 Å². The van der Waals surface area contributed by atoms with E-state index in [-0.39, 0.29) is 17.0 Å². The summed E-state index contributed by atoms with van der Waals surface area (Å²) in [7, 11) is 1.19. The van der Waals surface area contributed by atoms with Gasteiger partial charge in [0.1, 0.15) is 12.2 Å². The van der Waals surface area contributed by atoms with Gasteiger partial charge in [0.15, 0.2) is 5.78 Å². The lowest BCUT2D eigenvalue weighted by molar-refractivity contribution is -0.137. The Bertz CT molecular complexity index is 714. The number of hydrogen-bond acceptors (Lipinski definition) is 4. The minimum absolute atomic E-state index is 0.0244. The molecule has 2 aromatic rings. The fourth-order valence-corrected chi connectivity index (χ4v) is 2.27. The summed E-state index contributed by atoms with van der Waals surface area (Å²) in [5.41, 5.74) is 0.679. The van der Waals surface area contributed by atoms with Crippen LogP contribution in [0.25, 0.3) is 10.9 Å². The van der Waals surface area contributed by atoms with E-state index in [9.17, 15) is 14.4 Å². The van der Waals surface area contributed by atoms with Crippen LogP contribution in [-0.4, -0.2) is 34.5 Å². The van der Waals surface area contributed by atoms with Crippen molar-refractivity contribution >= 4 is 28.6 Å². The van der Waals surface area contributed by atoms with E-state index >= 15 is 0 Å². The number of methoxy groups -OCH3 is 1. The minimum Gasteiger partial charge on any atom is -0.480 e. The van der Waals surface area contributed by atoms with Gasteiger partial charge in [-0.3, -0.25) is 9.59 Å². The highest BCUT2D eigenvalue weighted by atomic mass is 16.5. The zero-order chi connectivity index (χ0) is 14.9. The molecule has 0 saturated heterocycles. The first kappa shape index (κ1) is 13.8. The Kier molecular flexibility index (Phi) is 3.56. The molecule has 1 heterocycles. The van der Waals surface area contributed by atoms with Gasteiger partial charge in [-0.2, -0.15) is 0 Å². The predicted octanol–water partition coefficient (Wildman–Crippen LogP) is 1.72. The van der Waals surface area contributed by atoms with Crippen molar-refractivity contribution in [3.05, 3.63) is 35.5 Å². The van der Waals surface area contributed by atoms with Gasteiger partial charge in [-0.1, -0.05) is 18.2 Å². The molecule has 0 unspecified atom stereocenters. The van der Waals surface area contributed by atoms with Crippen LogP contribution in [0.3, 0.4) is 0 Å². The van der Waals surface area contributed by atoms with E-state index in [2.05, 4.69) is 4.74 Å². The molecule has 1 aromatic carbocycles. The Morgan fingerprint density at radius 3 is 2.45 bits per heavy atom. The number of ether oxygens (including phenoxy) is 1. The van der Waals surface area contributed by atoms with E-state index in [0.717, 1.165) is 0 Å². The summed E-state index contributed by atoms with van der Waals surface area (Å²) in [6, 6.07) is 6.78. The molecule has 20 heavy (non-hydrogen) atoms. The fraction of sp³-hybridized carbons (Fsp3) is 0.214. The second-order valence-electron chi connectivity index (χ2n) is 4.27. The second kappa shape index (κ2) is 5.16. The van der Waals surface area contributed by atoms with Crippen molar-refractivity contribution in [3.8, 4) is 0 Å². The molecule has 0 aliphatic carbocycles. The van der Waals surface area contributed by atoms with Crippen LogP contribution >= 0.6 is 0 Å². The number of benzene rings is 1. The minimum atomic E-state index is -1.11. The molecule has 0 saturated carbocycles. The number of carboxylic acid groups (broad SMARTS) is 1. The van der Waals surface area contributed by atoms with Crippen molar-refractivity contribution in [1.82, 2.24) is 4.57 Å². The van der Waals surface area contributed by atoms with Crippen LogP contribution in [0, 0.1) is 0 Å². The third kappa shape index (κ3) is 2.16. The standard InChI is InChI=1S/C14H13NO5/c1-8(16)12-9-5-3-4-6-10(9)15(7-11(17)18)13(12)14(19)20-2/h3-6H,7H2,1-2H3,(H,17,18). The Labute approximate surface area is 114 Å². The van der Waals surface area contributed by atoms with E-state index < -0.39 is 18.5 Å². The normalized spacial score (nSPS) is 10.5. The SMILES string of the molecule is COC(=O)c1c(C(C)=O)c2ccccc2n1CC(=O)O. The fourth-order valence-electron chi connectivity index (χ4n) is 2.27. The van der Waals surface area contributed by atoms with Crippen molar-refractivity contribution in [2.24, 2.45) is 0 Å². The Hall–Kier alpha value is -2.63. The van der Waals surface area contributed by atoms with Gasteiger partial charge in [0.25, 0.3) is 0 Å². The molecular formula is C14H13NO5. The van der Waals surface area contributed by atoms with Crippen LogP contribution in [0.1, 0.15) is 27.8 Å². The zero-order valence-corrected chi connectivity index (χ0v) is 11.0. The molecule has 0 aliphatic heterocycles. The van der Waals surface area contributed by atoms with Crippen LogP contribution in [0.5, 0.6) is 0 Å². The number of rotatable bonds is 4. The van der Waals surface area contributed by atoms with Gasteiger partial charge in [0.05, 0.1) is 18.2 Å². The van der Waals surface area contributed by atoms with E-state index in [1.54, 1.807) is 24.3 Å². The first-order chi connectivity index (χ1) is 9.47. The van der Waals surface area contributed by atoms with Crippen molar-refractivity contribution < 1.29 is 24.2 Å². The number of hydrogen-bond donors (Lipinski definition) is 1. The van der Waals surface area contributed by atoms with Crippen molar-refractivity contribution in [3.63, 3.8) is 0 Å². The third-order valence-electron chi connectivity index (χ3n) is 3.00. The molecule has 0 atom stereocenters. The summed E-state index contributed by atoms with van der Waals surface area (Å²) < 4.78 is 5.97. The number of nitrogens with zero attached hydrogens (tertiary/aromatic N) is 1. The van der Waals surface area contributed by atoms with Crippen LogP contribution in [0.2, 0.25) is 0 Å². The van der Waals surface area contributed by atoms with Gasteiger partial charge in [-0.25, -0.2) is 4.79 Å². The highest BCUT2D eigenvalue weighted by Crippen LogP contribution is 2.27. The zero-order valence-electron chi connectivity index (χ0n) is 11.0. The lowest BCUT2D eigenvalue weighted by Gasteiger charge is -2.07. The van der Waals surface area contributed by atoms with Gasteiger partial charge >= 0.3 is 11.9 Å². The molecule has 0 bridgehead atoms. The number of aromatic nitrogens is 1. The summed E-state index contributed by atoms with van der Waals surface area (Å²) in [6.45, 7) is 0.914. The number of ketones is 1. The van der Waals surface area contributed by atoms with Crippen LogP contribution in [0.15, 0.2) is 24.3 Å². The number of Topliss-reactive ketones (excluding diaryl/α,β-unsaturated/α-hetero) is 1. The van der Waals surface area contributed by atoms with E-state index in [1.165, 1.54) is 18.6 Å². The lowest BCUT2D eigenvalue weighted by atomic mass is 10.1. The second-order valence-corrected chi connectivity index (χ2v) is 4.27. The first-order valence-corrected chi connectivity index (χ1v) is 5.89. The molecule has 0 amide bonds. The number of carbonyl (C=O) groups is 3. The van der Waals surface area contributed by atoms with Gasteiger partial charge in [-0.15, -0.1) is 0 Å². The van der Waals surface area contributed by atoms with E-state index in [4.69, 9.17) is 5.11 Å². The third-order valence-corrected chi connectivity index (χ3v) is 3.00. The Balaban J connectivity index is 2.88. The first-order valence-electron chi connectivity index (χ1n) is 5.89. The Morgan fingerprint density at radius 1 is 1.25 bits per heavy atom. The summed E-state index contributed by atoms with van der Waals surface area (Å²) >= 11 is 0. The summed E-state index contributed by atoms with van der Waals surface area (Å²) in [6.07, 6.45) is 0. The lowest BCUT2D eigenvalue weighted by Crippen LogP contribution is -2.17. The topological polar surface area (TPSA) is 85.6 Å². The van der Waals surface area contributed by atoms with E-state index in [1.807, 2.05) is 0 Å². The average Bonchev–Trinajstić information content (AvgIpc) is 2.72. The molecule has 0 fully saturated rings. The molecular weight excluding hydrogens is 262 g/mol. The number of fused-ring (bicyclic) bond motifs is 1. The van der Waals surface area contributed by atoms with Crippen LogP contribution < -0.4 is 0 Å². The largest absolute Gasteiger partial charge is 0.480 e. The highest BCUT2D eigenvalue weighted by molar-refractivity contribution is 6.15. The maximum atomic E-state index is 11.9. The van der Waals surface area contributed by atoms with Gasteiger partial charge < -0.3 is 14.4 Å². The maximum Gasteiger partial charge on any atom is 0.355 e. The number of para-hydroxylation sites is 1. The molecule has 0 aliphatic rings. The summed E-state index contributed by atoms with van der Waals surface area (Å²) in [4.78, 5) is 34.8. The molecule has 2 rings (SSSR count). The maximum absolute atomic E-state index is 11.9. The molecule has 0 spiro atoms. The van der Waals surface area contributed by atoms with E-state index in [0.29, 0.717) is 10.9 Å². The van der Waals surface area contributed by atoms with Crippen LogP contribution in [-0.2, 0) is 16.1 Å². The monoisotopic (exact) mass is 275 g/mol. The summed E-state index contributed by atoms with van der Waals surface area (Å²) in [5.74, 6) is -2.15. The van der Waals surface area contributed by atoms with Gasteiger partial charge in [0, 0.05) is 5.39 Å². The number of carbonyl (C=O) groups excluding carboxylic acids is 2. The van der Waals surface area contributed by atoms with Crippen LogP contribution in [0.4, 0.5) is 0 Å². The predicted molar refractivity (Wildman–Crippen MR) is 70.9 cm³/mol. The quantitative estimate of drug-likeness (QED) is 0.678. The molecule has 6 nitrogen and oxygen atoms in total. The molecule has 104 valence electrons. The van der Waals surface area contributed by atoms with Gasteiger partial charge in [-0.05, 0) is 13.0 Å². The number of esters is 1. The average molecular weight is 275 g/mol. The molecule has 1 aromatic heterocycles. The Morgan fingerprint density at radius 2 is 1.90 bits per heavy atom. The molecule has 6 heteroatoms. The van der Waals surface area contributed by atoms with Gasteiger partial charge in [0.2, 0.25) is 0 Å². The van der Waals surface area contributed by atoms with Crippen molar-refractivity contribution in [1.29, 1.82) is 0 Å². The number of carboxylic acids is 1. The summed E-state index contributed by atoms with van der Waals surface area (Å²) in [5, 5.41) is 9.54. The number of aliphatic carboxylic acids is 1. The van der Waals surface area contributed by atoms with Crippen molar-refractivity contribution in [2.75, 3.05) is 7.11 Å². The molecule has 0 radical (unpaired) electrons. The highest BCUT2D eigenvalue weighted by Gasteiger charge is 2.26. The smallest absolute Gasteiger partial charge is 0.355 e.